The number of rotatable bonds is 7. The number of methoxy groups -OCH3 is 2. The topological polar surface area (TPSA) is 76.7 Å². The molecule has 0 aromatic heterocycles. The van der Waals surface area contributed by atoms with E-state index in [1.807, 2.05) is 13.8 Å². The normalized spacial score (nSPS) is 10.6. The van der Waals surface area contributed by atoms with Gasteiger partial charge in [-0.05, 0) is 26.0 Å². The number of hydrogen-bond acceptors (Lipinski definition) is 4. The third-order valence-corrected chi connectivity index (χ3v) is 2.72. The van der Waals surface area contributed by atoms with Crippen molar-refractivity contribution in [2.75, 3.05) is 20.8 Å². The van der Waals surface area contributed by atoms with Crippen molar-refractivity contribution in [2.45, 2.75) is 19.9 Å². The second-order valence-electron chi connectivity index (χ2n) is 4.86. The Hall–Kier alpha value is -2.50. The summed E-state index contributed by atoms with van der Waals surface area (Å²) in [7, 11) is 3.08. The van der Waals surface area contributed by atoms with Gasteiger partial charge in [0.05, 0.1) is 20.8 Å². The van der Waals surface area contributed by atoms with Crippen LogP contribution in [0.2, 0.25) is 0 Å². The van der Waals surface area contributed by atoms with Crippen LogP contribution in [0.15, 0.2) is 24.3 Å². The molecule has 0 saturated carbocycles. The van der Waals surface area contributed by atoms with Crippen molar-refractivity contribution in [3.8, 4) is 11.5 Å². The Kier molecular flexibility index (Phi) is 6.95. The molecule has 0 fully saturated rings. The Morgan fingerprint density at radius 3 is 2.55 bits per heavy atom. The Bertz CT molecular complexity index is 553. The van der Waals surface area contributed by atoms with Crippen molar-refractivity contribution in [1.29, 1.82) is 0 Å². The lowest BCUT2D eigenvalue weighted by molar-refractivity contribution is -0.124. The molecule has 2 amide bonds. The minimum Gasteiger partial charge on any atom is -0.493 e. The second-order valence-corrected chi connectivity index (χ2v) is 4.86. The van der Waals surface area contributed by atoms with Crippen LogP contribution in [-0.4, -0.2) is 38.6 Å². The first-order chi connectivity index (χ1) is 10.5. The molecule has 0 heterocycles. The average Bonchev–Trinajstić information content (AvgIpc) is 2.49. The van der Waals surface area contributed by atoms with E-state index >= 15 is 0 Å². The highest BCUT2D eigenvalue weighted by Crippen LogP contribution is 2.31. The zero-order chi connectivity index (χ0) is 16.5. The largest absolute Gasteiger partial charge is 0.493 e. The van der Waals surface area contributed by atoms with Gasteiger partial charge >= 0.3 is 0 Å². The second kappa shape index (κ2) is 8.71. The van der Waals surface area contributed by atoms with Gasteiger partial charge in [-0.2, -0.15) is 0 Å². The quantitative estimate of drug-likeness (QED) is 0.746. The maximum atomic E-state index is 11.7. The summed E-state index contributed by atoms with van der Waals surface area (Å²) in [6, 6.07) is 5.42. The highest BCUT2D eigenvalue weighted by atomic mass is 16.5. The molecule has 6 heteroatoms. The van der Waals surface area contributed by atoms with Crippen molar-refractivity contribution in [3.63, 3.8) is 0 Å². The van der Waals surface area contributed by atoms with Gasteiger partial charge < -0.3 is 20.1 Å². The van der Waals surface area contributed by atoms with Crippen molar-refractivity contribution >= 4 is 17.9 Å². The summed E-state index contributed by atoms with van der Waals surface area (Å²) in [5.41, 5.74) is 0.712. The number of ether oxygens (including phenoxy) is 2. The minimum atomic E-state index is -0.358. The van der Waals surface area contributed by atoms with Crippen LogP contribution in [0.5, 0.6) is 11.5 Å². The molecule has 22 heavy (non-hydrogen) atoms. The number of para-hydroxylation sites is 1. The standard InChI is InChI=1S/C16H22N2O4/c1-11(2)18-15(20)10-17-14(19)9-8-12-6-5-7-13(21-3)16(12)22-4/h5-9,11H,10H2,1-4H3,(H,17,19)(H,18,20)/b9-8+. The zero-order valence-electron chi connectivity index (χ0n) is 13.3. The van der Waals surface area contributed by atoms with Gasteiger partial charge in [-0.25, -0.2) is 0 Å². The number of hydrogen-bond donors (Lipinski definition) is 2. The molecule has 0 aliphatic rings. The average molecular weight is 306 g/mol. The van der Waals surface area contributed by atoms with Gasteiger partial charge in [0, 0.05) is 17.7 Å². The molecule has 6 nitrogen and oxygen atoms in total. The minimum absolute atomic E-state index is 0.0426. The predicted molar refractivity (Wildman–Crippen MR) is 84.9 cm³/mol. The first kappa shape index (κ1) is 17.6. The molecule has 1 rings (SSSR count). The van der Waals surface area contributed by atoms with Crippen LogP contribution in [0.25, 0.3) is 6.08 Å². The van der Waals surface area contributed by atoms with E-state index in [2.05, 4.69) is 10.6 Å². The van der Waals surface area contributed by atoms with Crippen molar-refractivity contribution in [1.82, 2.24) is 10.6 Å². The summed E-state index contributed by atoms with van der Waals surface area (Å²) in [6.45, 7) is 3.65. The van der Waals surface area contributed by atoms with Crippen LogP contribution in [0, 0.1) is 0 Å². The molecule has 0 radical (unpaired) electrons. The lowest BCUT2D eigenvalue weighted by Gasteiger charge is -2.10. The maximum absolute atomic E-state index is 11.7. The number of carbonyl (C=O) groups excluding carboxylic acids is 2. The van der Waals surface area contributed by atoms with Gasteiger partial charge in [-0.1, -0.05) is 12.1 Å². The molecule has 0 atom stereocenters. The molecular weight excluding hydrogens is 284 g/mol. The van der Waals surface area contributed by atoms with Crippen molar-refractivity contribution in [3.05, 3.63) is 29.8 Å². The van der Waals surface area contributed by atoms with E-state index in [0.717, 1.165) is 0 Å². The highest BCUT2D eigenvalue weighted by Gasteiger charge is 2.08. The van der Waals surface area contributed by atoms with E-state index in [-0.39, 0.29) is 24.4 Å². The predicted octanol–water partition coefficient (Wildman–Crippen LogP) is 1.36. The summed E-state index contributed by atoms with van der Waals surface area (Å²) >= 11 is 0. The summed E-state index contributed by atoms with van der Waals surface area (Å²) in [5.74, 6) is 0.549. The molecule has 1 aromatic rings. The third kappa shape index (κ3) is 5.47. The molecule has 0 unspecified atom stereocenters. The van der Waals surface area contributed by atoms with Crippen LogP contribution in [0.1, 0.15) is 19.4 Å². The van der Waals surface area contributed by atoms with E-state index < -0.39 is 0 Å². The van der Waals surface area contributed by atoms with Gasteiger partial charge in [0.2, 0.25) is 11.8 Å². The maximum Gasteiger partial charge on any atom is 0.244 e. The van der Waals surface area contributed by atoms with Crippen molar-refractivity contribution < 1.29 is 19.1 Å². The Labute approximate surface area is 130 Å². The first-order valence-electron chi connectivity index (χ1n) is 6.94. The van der Waals surface area contributed by atoms with Gasteiger partial charge in [-0.3, -0.25) is 9.59 Å². The SMILES string of the molecule is COc1cccc(/C=C/C(=O)NCC(=O)NC(C)C)c1OC. The Balaban J connectivity index is 2.65. The van der Waals surface area contributed by atoms with Gasteiger partial charge in [-0.15, -0.1) is 0 Å². The fraction of sp³-hybridized carbons (Fsp3) is 0.375. The smallest absolute Gasteiger partial charge is 0.244 e. The lowest BCUT2D eigenvalue weighted by atomic mass is 10.1. The fourth-order valence-electron chi connectivity index (χ4n) is 1.81. The zero-order valence-corrected chi connectivity index (χ0v) is 13.3. The van der Waals surface area contributed by atoms with Crippen LogP contribution >= 0.6 is 0 Å². The molecule has 0 aliphatic heterocycles. The summed E-state index contributed by atoms with van der Waals surface area (Å²) < 4.78 is 10.5. The molecule has 1 aromatic carbocycles. The van der Waals surface area contributed by atoms with Gasteiger partial charge in [0.1, 0.15) is 0 Å². The number of nitrogens with one attached hydrogen (secondary N) is 2. The Morgan fingerprint density at radius 1 is 1.23 bits per heavy atom. The molecular formula is C16H22N2O4. The summed E-state index contributed by atoms with van der Waals surface area (Å²) in [4.78, 5) is 23.1. The first-order valence-corrected chi connectivity index (χ1v) is 6.94. The molecule has 0 spiro atoms. The molecule has 0 bridgehead atoms. The van der Waals surface area contributed by atoms with Gasteiger partial charge in [0.25, 0.3) is 0 Å². The summed E-state index contributed by atoms with van der Waals surface area (Å²) in [6.07, 6.45) is 2.96. The molecule has 120 valence electrons. The van der Waals surface area contributed by atoms with E-state index in [1.54, 1.807) is 31.4 Å². The van der Waals surface area contributed by atoms with E-state index in [1.165, 1.54) is 13.2 Å². The van der Waals surface area contributed by atoms with Crippen LogP contribution < -0.4 is 20.1 Å². The third-order valence-electron chi connectivity index (χ3n) is 2.72. The monoisotopic (exact) mass is 306 g/mol. The number of amides is 2. The van der Waals surface area contributed by atoms with Crippen LogP contribution in [-0.2, 0) is 9.59 Å². The molecule has 0 aliphatic carbocycles. The highest BCUT2D eigenvalue weighted by molar-refractivity contribution is 5.94. The van der Waals surface area contributed by atoms with Crippen LogP contribution in [0.4, 0.5) is 0 Å². The molecule has 0 saturated heterocycles. The van der Waals surface area contributed by atoms with E-state index in [4.69, 9.17) is 9.47 Å². The number of benzene rings is 1. The van der Waals surface area contributed by atoms with E-state index in [9.17, 15) is 9.59 Å². The summed E-state index contributed by atoms with van der Waals surface area (Å²) in [5, 5.41) is 5.21. The Morgan fingerprint density at radius 2 is 1.95 bits per heavy atom. The van der Waals surface area contributed by atoms with E-state index in [0.29, 0.717) is 17.1 Å². The van der Waals surface area contributed by atoms with Gasteiger partial charge in [0.15, 0.2) is 11.5 Å². The lowest BCUT2D eigenvalue weighted by Crippen LogP contribution is -2.39. The molecule has 2 N–H and O–H groups in total. The van der Waals surface area contributed by atoms with Crippen molar-refractivity contribution in [2.24, 2.45) is 0 Å². The number of carbonyl (C=O) groups is 2. The van der Waals surface area contributed by atoms with Crippen LogP contribution in [0.3, 0.4) is 0 Å². The fourth-order valence-corrected chi connectivity index (χ4v) is 1.81.